The summed E-state index contributed by atoms with van der Waals surface area (Å²) < 4.78 is 61.5. The van der Waals surface area contributed by atoms with Gasteiger partial charge in [0.2, 0.25) is 0 Å². The Morgan fingerprint density at radius 3 is 2.23 bits per heavy atom. The Morgan fingerprint density at radius 1 is 0.900 bits per heavy atom. The first-order chi connectivity index (χ1) is 18.9. The minimum absolute atomic E-state index is 0.0859. The molecule has 5 aliphatic rings. The summed E-state index contributed by atoms with van der Waals surface area (Å²) in [7, 11) is 0. The normalized spacial score (nSPS) is 30.1. The van der Waals surface area contributed by atoms with Crippen LogP contribution in [0.3, 0.4) is 0 Å². The molecule has 0 aliphatic heterocycles. The van der Waals surface area contributed by atoms with Gasteiger partial charge in [-0.2, -0.15) is 0 Å². The zero-order valence-corrected chi connectivity index (χ0v) is 22.4. The molecule has 214 valence electrons. The fourth-order valence-electron chi connectivity index (χ4n) is 7.91. The number of para-hydroxylation sites is 1. The molecule has 2 atom stereocenters. The molecule has 4 bridgehead atoms. The summed E-state index contributed by atoms with van der Waals surface area (Å²) in [6.45, 7) is 1.85. The number of halogens is 3. The van der Waals surface area contributed by atoms with E-state index in [1.165, 1.54) is 12.1 Å². The van der Waals surface area contributed by atoms with Gasteiger partial charge in [-0.1, -0.05) is 18.2 Å². The predicted molar refractivity (Wildman–Crippen MR) is 138 cm³/mol. The van der Waals surface area contributed by atoms with Gasteiger partial charge in [0.25, 0.3) is 0 Å². The molecular formula is C31H33F3O6. The van der Waals surface area contributed by atoms with E-state index < -0.39 is 34.7 Å². The number of alkyl halides is 3. The average molecular weight is 559 g/mol. The summed E-state index contributed by atoms with van der Waals surface area (Å²) in [5, 5.41) is 0. The number of carbonyl (C=O) groups is 2. The SMILES string of the molecule is CC1(Oc2cc(C(=O)OC34CC5CC(C3)CC(C(=O)Oc3ccccc3)(C5)C4)ccc2OC(F)(F)F)CCCC1. The van der Waals surface area contributed by atoms with Gasteiger partial charge in [-0.15, -0.1) is 13.2 Å². The Labute approximate surface area is 231 Å². The number of ether oxygens (including phenoxy) is 4. The lowest BCUT2D eigenvalue weighted by molar-refractivity contribution is -0.275. The Morgan fingerprint density at radius 2 is 1.57 bits per heavy atom. The summed E-state index contributed by atoms with van der Waals surface area (Å²) in [4.78, 5) is 27.0. The highest BCUT2D eigenvalue weighted by molar-refractivity contribution is 5.91. The molecule has 0 amide bonds. The van der Waals surface area contributed by atoms with Crippen molar-refractivity contribution < 1.29 is 41.7 Å². The molecule has 7 rings (SSSR count). The van der Waals surface area contributed by atoms with E-state index in [2.05, 4.69) is 4.74 Å². The zero-order valence-electron chi connectivity index (χ0n) is 22.4. The first-order valence-corrected chi connectivity index (χ1v) is 14.0. The van der Waals surface area contributed by atoms with Gasteiger partial charge < -0.3 is 18.9 Å². The molecule has 0 N–H and O–H groups in total. The van der Waals surface area contributed by atoms with E-state index in [4.69, 9.17) is 14.2 Å². The van der Waals surface area contributed by atoms with Crippen molar-refractivity contribution in [2.75, 3.05) is 0 Å². The van der Waals surface area contributed by atoms with Gasteiger partial charge in [0.15, 0.2) is 11.5 Å². The third kappa shape index (κ3) is 5.39. The lowest BCUT2D eigenvalue weighted by atomic mass is 9.48. The minimum Gasteiger partial charge on any atom is -0.484 e. The number of rotatable bonds is 7. The number of benzene rings is 2. The molecule has 5 aliphatic carbocycles. The summed E-state index contributed by atoms with van der Waals surface area (Å²) >= 11 is 0. The first-order valence-electron chi connectivity index (χ1n) is 14.0. The Hall–Kier alpha value is -3.23. The number of esters is 2. The zero-order chi connectivity index (χ0) is 28.2. The molecule has 5 fully saturated rings. The Kier molecular flexibility index (Phi) is 6.54. The maximum atomic E-state index is 13.5. The largest absolute Gasteiger partial charge is 0.573 e. The molecule has 5 saturated carbocycles. The third-order valence-electron chi connectivity index (χ3n) is 9.13. The van der Waals surface area contributed by atoms with E-state index in [-0.39, 0.29) is 29.1 Å². The predicted octanol–water partition coefficient (Wildman–Crippen LogP) is 7.40. The van der Waals surface area contributed by atoms with Gasteiger partial charge in [0.05, 0.1) is 11.0 Å². The van der Waals surface area contributed by atoms with Gasteiger partial charge >= 0.3 is 18.3 Å². The second-order valence-electron chi connectivity index (χ2n) is 12.5. The van der Waals surface area contributed by atoms with Crippen LogP contribution in [0.5, 0.6) is 17.2 Å². The van der Waals surface area contributed by atoms with Gasteiger partial charge in [-0.3, -0.25) is 4.79 Å². The van der Waals surface area contributed by atoms with Crippen LogP contribution in [0.15, 0.2) is 48.5 Å². The van der Waals surface area contributed by atoms with Crippen molar-refractivity contribution in [1.82, 2.24) is 0 Å². The van der Waals surface area contributed by atoms with Crippen LogP contribution in [0, 0.1) is 17.3 Å². The molecule has 2 aromatic rings. The van der Waals surface area contributed by atoms with Crippen molar-refractivity contribution in [1.29, 1.82) is 0 Å². The van der Waals surface area contributed by atoms with Crippen LogP contribution in [0.25, 0.3) is 0 Å². The summed E-state index contributed by atoms with van der Waals surface area (Å²) in [6, 6.07) is 12.6. The van der Waals surface area contributed by atoms with E-state index in [0.717, 1.165) is 25.3 Å². The lowest BCUT2D eigenvalue weighted by Crippen LogP contribution is -2.60. The van der Waals surface area contributed by atoms with Crippen LogP contribution >= 0.6 is 0 Å². The molecule has 0 spiro atoms. The first kappa shape index (κ1) is 27.0. The average Bonchev–Trinajstić information content (AvgIpc) is 3.29. The molecular weight excluding hydrogens is 525 g/mol. The van der Waals surface area contributed by atoms with Crippen molar-refractivity contribution >= 4 is 11.9 Å². The van der Waals surface area contributed by atoms with Crippen molar-refractivity contribution in [3.63, 3.8) is 0 Å². The van der Waals surface area contributed by atoms with E-state index in [0.29, 0.717) is 50.7 Å². The maximum absolute atomic E-state index is 13.5. The highest BCUT2D eigenvalue weighted by atomic mass is 19.4. The quantitative estimate of drug-likeness (QED) is 0.261. The van der Waals surface area contributed by atoms with Crippen LogP contribution < -0.4 is 14.2 Å². The molecule has 0 saturated heterocycles. The van der Waals surface area contributed by atoms with Gasteiger partial charge in [0, 0.05) is 6.42 Å². The molecule has 0 heterocycles. The smallest absolute Gasteiger partial charge is 0.484 e. The maximum Gasteiger partial charge on any atom is 0.573 e. The highest BCUT2D eigenvalue weighted by Crippen LogP contribution is 2.63. The van der Waals surface area contributed by atoms with Gasteiger partial charge in [-0.25, -0.2) is 4.79 Å². The second kappa shape index (κ2) is 9.70. The molecule has 0 aromatic heterocycles. The topological polar surface area (TPSA) is 71.1 Å². The summed E-state index contributed by atoms with van der Waals surface area (Å²) in [5.74, 6) is -0.601. The number of hydrogen-bond acceptors (Lipinski definition) is 6. The monoisotopic (exact) mass is 558 g/mol. The van der Waals surface area contributed by atoms with Crippen molar-refractivity contribution in [3.05, 3.63) is 54.1 Å². The van der Waals surface area contributed by atoms with Crippen molar-refractivity contribution in [3.8, 4) is 17.2 Å². The number of hydrogen-bond donors (Lipinski definition) is 0. The molecule has 2 unspecified atom stereocenters. The van der Waals surface area contributed by atoms with E-state index in [1.807, 2.05) is 25.1 Å². The van der Waals surface area contributed by atoms with Gasteiger partial charge in [0.1, 0.15) is 17.0 Å². The van der Waals surface area contributed by atoms with Crippen molar-refractivity contribution in [2.24, 2.45) is 17.3 Å². The standard InChI is InChI=1S/C31H33F3O6/c1-28(11-5-6-12-28)38-25-14-22(9-10-24(25)39-31(32,33)34)26(35)40-30-17-20-13-21(18-30)16-29(15-20,19-30)27(36)37-23-7-3-2-4-8-23/h2-4,7-10,14,20-21H,5-6,11-13,15-19H2,1H3. The fourth-order valence-corrected chi connectivity index (χ4v) is 7.91. The minimum atomic E-state index is -4.90. The van der Waals surface area contributed by atoms with Crippen LogP contribution in [-0.4, -0.2) is 29.5 Å². The van der Waals surface area contributed by atoms with E-state index in [1.54, 1.807) is 12.1 Å². The summed E-state index contributed by atoms with van der Waals surface area (Å²) in [6.07, 6.45) is 2.39. The van der Waals surface area contributed by atoms with E-state index >= 15 is 0 Å². The Bertz CT molecular complexity index is 1270. The summed E-state index contributed by atoms with van der Waals surface area (Å²) in [5.41, 5.74) is -2.10. The molecule has 6 nitrogen and oxygen atoms in total. The molecule has 40 heavy (non-hydrogen) atoms. The van der Waals surface area contributed by atoms with Crippen LogP contribution in [0.2, 0.25) is 0 Å². The number of carbonyl (C=O) groups excluding carboxylic acids is 2. The fraction of sp³-hybridized carbons (Fsp3) is 0.548. The third-order valence-corrected chi connectivity index (χ3v) is 9.13. The van der Waals surface area contributed by atoms with E-state index in [9.17, 15) is 22.8 Å². The lowest BCUT2D eigenvalue weighted by Gasteiger charge is -2.59. The molecule has 2 aromatic carbocycles. The highest BCUT2D eigenvalue weighted by Gasteiger charge is 2.63. The van der Waals surface area contributed by atoms with Crippen LogP contribution in [-0.2, 0) is 9.53 Å². The molecule has 0 radical (unpaired) electrons. The molecule has 9 heteroatoms. The van der Waals surface area contributed by atoms with Gasteiger partial charge in [-0.05, 0) is 107 Å². The second-order valence-corrected chi connectivity index (χ2v) is 12.5. The van der Waals surface area contributed by atoms with Crippen molar-refractivity contribution in [2.45, 2.75) is 88.7 Å². The Balaban J connectivity index is 1.24. The van der Waals surface area contributed by atoms with Crippen LogP contribution in [0.1, 0.15) is 81.5 Å². The van der Waals surface area contributed by atoms with Crippen LogP contribution in [0.4, 0.5) is 13.2 Å².